The van der Waals surface area contributed by atoms with Crippen molar-refractivity contribution in [2.45, 2.75) is 31.7 Å². The van der Waals surface area contributed by atoms with Crippen LogP contribution in [0.15, 0.2) is 0 Å². The molecule has 2 amide bonds. The van der Waals surface area contributed by atoms with Gasteiger partial charge in [0.2, 0.25) is 11.8 Å². The second-order valence-corrected chi connectivity index (χ2v) is 5.07. The molecule has 2 fully saturated rings. The van der Waals surface area contributed by atoms with E-state index in [1.807, 2.05) is 0 Å². The summed E-state index contributed by atoms with van der Waals surface area (Å²) in [6.45, 7) is 2.58. The Labute approximate surface area is 102 Å². The van der Waals surface area contributed by atoms with Gasteiger partial charge in [-0.15, -0.1) is 0 Å². The maximum Gasteiger partial charge on any atom is 0.246 e. The average molecular weight is 239 g/mol. The molecule has 2 heterocycles. The highest BCUT2D eigenvalue weighted by Crippen LogP contribution is 2.25. The molecule has 0 aliphatic carbocycles. The first-order valence-electron chi connectivity index (χ1n) is 6.38. The lowest BCUT2D eigenvalue weighted by Gasteiger charge is -2.34. The van der Waals surface area contributed by atoms with Gasteiger partial charge in [0.15, 0.2) is 0 Å². The molecule has 0 radical (unpaired) electrons. The lowest BCUT2D eigenvalue weighted by molar-refractivity contribution is -0.138. The fraction of sp³-hybridized carbons (Fsp3) is 0.833. The molecular weight excluding hydrogens is 218 g/mol. The van der Waals surface area contributed by atoms with Crippen molar-refractivity contribution in [3.8, 4) is 0 Å². The zero-order valence-corrected chi connectivity index (χ0v) is 10.4. The number of hydrogen-bond acceptors (Lipinski definition) is 4. The van der Waals surface area contributed by atoms with Crippen LogP contribution in [0.3, 0.4) is 0 Å². The van der Waals surface area contributed by atoms with E-state index < -0.39 is 0 Å². The number of carbonyl (C=O) groups excluding carboxylic acids is 2. The number of nitrogens with zero attached hydrogens (tertiary/aromatic N) is 2. The first kappa shape index (κ1) is 12.5. The Morgan fingerprint density at radius 2 is 1.94 bits per heavy atom. The molecule has 2 aliphatic heterocycles. The molecule has 0 saturated carbocycles. The molecular formula is C12H21N3O2. The smallest absolute Gasteiger partial charge is 0.246 e. The zero-order chi connectivity index (χ0) is 12.4. The van der Waals surface area contributed by atoms with Crippen LogP contribution in [0.2, 0.25) is 0 Å². The Bertz CT molecular complexity index is 311. The minimum absolute atomic E-state index is 0.0349. The van der Waals surface area contributed by atoms with Crippen molar-refractivity contribution >= 4 is 11.8 Å². The van der Waals surface area contributed by atoms with Gasteiger partial charge in [-0.05, 0) is 44.8 Å². The number of imide groups is 1. The summed E-state index contributed by atoms with van der Waals surface area (Å²) in [6, 6.07) is -0.202. The van der Waals surface area contributed by atoms with Crippen LogP contribution in [0.25, 0.3) is 0 Å². The number of amides is 2. The van der Waals surface area contributed by atoms with Gasteiger partial charge in [-0.25, -0.2) is 0 Å². The fourth-order valence-electron chi connectivity index (χ4n) is 2.81. The molecule has 1 unspecified atom stereocenters. The van der Waals surface area contributed by atoms with Crippen molar-refractivity contribution in [2.75, 3.05) is 26.7 Å². The van der Waals surface area contributed by atoms with Gasteiger partial charge in [0.05, 0.1) is 12.5 Å². The summed E-state index contributed by atoms with van der Waals surface area (Å²) in [4.78, 5) is 26.8. The highest BCUT2D eigenvalue weighted by molar-refractivity contribution is 6.05. The number of carbonyl (C=O) groups is 2. The number of piperidine rings is 1. The van der Waals surface area contributed by atoms with Crippen LogP contribution >= 0.6 is 0 Å². The topological polar surface area (TPSA) is 66.6 Å². The van der Waals surface area contributed by atoms with Crippen molar-refractivity contribution in [1.82, 2.24) is 9.80 Å². The van der Waals surface area contributed by atoms with Gasteiger partial charge in [0.25, 0.3) is 0 Å². The Hall–Kier alpha value is -0.940. The summed E-state index contributed by atoms with van der Waals surface area (Å²) in [5, 5.41) is 0. The van der Waals surface area contributed by atoms with Crippen LogP contribution in [0, 0.1) is 5.92 Å². The molecule has 0 aromatic carbocycles. The lowest BCUT2D eigenvalue weighted by atomic mass is 9.92. The molecule has 0 spiro atoms. The van der Waals surface area contributed by atoms with Crippen LogP contribution in [0.5, 0.6) is 0 Å². The third kappa shape index (κ3) is 2.50. The second kappa shape index (κ2) is 5.14. The molecule has 2 N–H and O–H groups in total. The van der Waals surface area contributed by atoms with E-state index in [1.54, 1.807) is 7.05 Å². The van der Waals surface area contributed by atoms with Gasteiger partial charge in [-0.1, -0.05) is 0 Å². The first-order chi connectivity index (χ1) is 8.13. The molecule has 0 bridgehead atoms. The molecule has 0 aromatic heterocycles. The predicted molar refractivity (Wildman–Crippen MR) is 64.2 cm³/mol. The van der Waals surface area contributed by atoms with Crippen molar-refractivity contribution in [3.63, 3.8) is 0 Å². The maximum absolute atomic E-state index is 11.9. The van der Waals surface area contributed by atoms with E-state index in [9.17, 15) is 9.59 Å². The quantitative estimate of drug-likeness (QED) is 0.693. The molecule has 0 aromatic rings. The molecule has 2 saturated heterocycles. The van der Waals surface area contributed by atoms with Gasteiger partial charge in [-0.2, -0.15) is 0 Å². The van der Waals surface area contributed by atoms with Gasteiger partial charge < -0.3 is 5.73 Å². The van der Waals surface area contributed by atoms with E-state index in [1.165, 1.54) is 4.90 Å². The van der Waals surface area contributed by atoms with Crippen LogP contribution in [-0.2, 0) is 9.59 Å². The van der Waals surface area contributed by atoms with Gasteiger partial charge in [0, 0.05) is 7.05 Å². The van der Waals surface area contributed by atoms with Gasteiger partial charge in [-0.3, -0.25) is 19.4 Å². The van der Waals surface area contributed by atoms with E-state index in [0.29, 0.717) is 12.3 Å². The summed E-state index contributed by atoms with van der Waals surface area (Å²) in [5.41, 5.74) is 5.56. The minimum atomic E-state index is -0.202. The standard InChI is InChI=1S/C12H21N3O2/c1-14-11(16)8-10(12(14)17)15-6-3-9(2-5-13)4-7-15/h9-10H,2-8,13H2,1H3. The lowest BCUT2D eigenvalue weighted by Crippen LogP contribution is -2.45. The third-order valence-electron chi connectivity index (χ3n) is 4.02. The van der Waals surface area contributed by atoms with Gasteiger partial charge in [0.1, 0.15) is 0 Å². The molecule has 5 heteroatoms. The van der Waals surface area contributed by atoms with Crippen molar-refractivity contribution in [2.24, 2.45) is 11.7 Å². The van der Waals surface area contributed by atoms with E-state index in [0.717, 1.165) is 38.9 Å². The largest absolute Gasteiger partial charge is 0.330 e. The molecule has 1 atom stereocenters. The summed E-state index contributed by atoms with van der Waals surface area (Å²) in [5.74, 6) is 0.609. The Balaban J connectivity index is 1.89. The van der Waals surface area contributed by atoms with Crippen molar-refractivity contribution < 1.29 is 9.59 Å². The molecule has 2 rings (SSSR count). The Morgan fingerprint density at radius 3 is 2.41 bits per heavy atom. The first-order valence-corrected chi connectivity index (χ1v) is 6.38. The minimum Gasteiger partial charge on any atom is -0.330 e. The molecule has 2 aliphatic rings. The SMILES string of the molecule is CN1C(=O)CC(N2CCC(CCN)CC2)C1=O. The van der Waals surface area contributed by atoms with Crippen LogP contribution < -0.4 is 5.73 Å². The van der Waals surface area contributed by atoms with E-state index in [2.05, 4.69) is 4.90 Å². The monoisotopic (exact) mass is 239 g/mol. The van der Waals surface area contributed by atoms with Crippen molar-refractivity contribution in [3.05, 3.63) is 0 Å². The second-order valence-electron chi connectivity index (χ2n) is 5.07. The highest BCUT2D eigenvalue weighted by Gasteiger charge is 2.40. The summed E-state index contributed by atoms with van der Waals surface area (Å²) >= 11 is 0. The highest BCUT2D eigenvalue weighted by atomic mass is 16.2. The maximum atomic E-state index is 11.9. The third-order valence-corrected chi connectivity index (χ3v) is 4.02. The molecule has 96 valence electrons. The number of likely N-dealkylation sites (tertiary alicyclic amines) is 2. The number of hydrogen-bond donors (Lipinski definition) is 1. The average Bonchev–Trinajstić information content (AvgIpc) is 2.59. The fourth-order valence-corrected chi connectivity index (χ4v) is 2.81. The van der Waals surface area contributed by atoms with Crippen molar-refractivity contribution in [1.29, 1.82) is 0 Å². The summed E-state index contributed by atoms with van der Waals surface area (Å²) in [7, 11) is 1.58. The van der Waals surface area contributed by atoms with Gasteiger partial charge >= 0.3 is 0 Å². The number of likely N-dealkylation sites (N-methyl/N-ethyl adjacent to an activating group) is 1. The van der Waals surface area contributed by atoms with Crippen LogP contribution in [0.4, 0.5) is 0 Å². The predicted octanol–water partition coefficient (Wildman–Crippen LogP) is -0.195. The number of nitrogens with two attached hydrogens (primary N) is 1. The molecule has 17 heavy (non-hydrogen) atoms. The van der Waals surface area contributed by atoms with E-state index in [4.69, 9.17) is 5.73 Å². The van der Waals surface area contributed by atoms with E-state index >= 15 is 0 Å². The molecule has 5 nitrogen and oxygen atoms in total. The number of rotatable bonds is 3. The normalized spacial score (nSPS) is 28.1. The summed E-state index contributed by atoms with van der Waals surface area (Å²) in [6.07, 6.45) is 3.62. The summed E-state index contributed by atoms with van der Waals surface area (Å²) < 4.78 is 0. The Kier molecular flexibility index (Phi) is 3.79. The Morgan fingerprint density at radius 1 is 1.29 bits per heavy atom. The van der Waals surface area contributed by atoms with E-state index in [-0.39, 0.29) is 17.9 Å². The zero-order valence-electron chi connectivity index (χ0n) is 10.4. The van der Waals surface area contributed by atoms with Crippen LogP contribution in [0.1, 0.15) is 25.7 Å². The van der Waals surface area contributed by atoms with Crippen LogP contribution in [-0.4, -0.2) is 54.3 Å².